The molecule has 0 bridgehead atoms. The fourth-order valence-corrected chi connectivity index (χ4v) is 2.95. The van der Waals surface area contributed by atoms with Gasteiger partial charge in [-0.1, -0.05) is 17.3 Å². The number of amides is 2. The second kappa shape index (κ2) is 5.62. The Morgan fingerprint density at radius 2 is 1.92 bits per heavy atom. The molecule has 2 aliphatic rings. The van der Waals surface area contributed by atoms with E-state index in [1.54, 1.807) is 0 Å². The van der Waals surface area contributed by atoms with Crippen molar-refractivity contribution < 1.29 is 28.6 Å². The number of para-hydroxylation sites is 2. The first-order chi connectivity index (χ1) is 12.5. The van der Waals surface area contributed by atoms with Crippen LogP contribution in [0.25, 0.3) is 0 Å². The van der Waals surface area contributed by atoms with Crippen LogP contribution in [0.5, 0.6) is 0 Å². The highest BCUT2D eigenvalue weighted by molar-refractivity contribution is 6.52. The third kappa shape index (κ3) is 2.12. The summed E-state index contributed by atoms with van der Waals surface area (Å²) in [6.07, 6.45) is -0.0567. The predicted octanol–water partition coefficient (Wildman–Crippen LogP) is 1.31. The van der Waals surface area contributed by atoms with E-state index in [-0.39, 0.29) is 17.2 Å². The molecule has 1 aromatic heterocycles. The molecule has 0 radical (unpaired) electrons. The molecule has 2 atom stereocenters. The molecule has 26 heavy (non-hydrogen) atoms. The maximum Gasteiger partial charge on any atom is 0.293 e. The first-order valence-electron chi connectivity index (χ1n) is 7.44. The molecule has 2 aromatic rings. The summed E-state index contributed by atoms with van der Waals surface area (Å²) in [5, 5.41) is 14.8. The fourth-order valence-electron chi connectivity index (χ4n) is 2.95. The molecule has 1 saturated heterocycles. The maximum atomic E-state index is 12.8. The zero-order chi connectivity index (χ0) is 18.4. The lowest BCUT2D eigenvalue weighted by molar-refractivity contribution is -0.384. The Kier molecular flexibility index (Phi) is 3.39. The molecular weight excluding hydrogens is 346 g/mol. The van der Waals surface area contributed by atoms with Gasteiger partial charge in [0.05, 0.1) is 11.2 Å². The number of fused-ring (bicyclic) bond motifs is 1. The number of hydrogen-bond donors (Lipinski definition) is 0. The van der Waals surface area contributed by atoms with E-state index >= 15 is 0 Å². The number of rotatable bonds is 4. The third-order valence-electron chi connectivity index (χ3n) is 4.11. The van der Waals surface area contributed by atoms with Gasteiger partial charge in [0.25, 0.3) is 11.6 Å². The third-order valence-corrected chi connectivity index (χ3v) is 4.11. The Labute approximate surface area is 144 Å². The van der Waals surface area contributed by atoms with Crippen LogP contribution < -0.4 is 4.90 Å². The van der Waals surface area contributed by atoms with Crippen molar-refractivity contribution in [2.24, 2.45) is 11.1 Å². The molecule has 0 aliphatic carbocycles. The Hall–Kier alpha value is -3.82. The van der Waals surface area contributed by atoms with Crippen LogP contribution in [0.2, 0.25) is 0 Å². The number of carbonyl (C=O) groups is 3. The largest absolute Gasteiger partial charge is 0.461 e. The minimum atomic E-state index is -1.34. The molecule has 10 nitrogen and oxygen atoms in total. The lowest BCUT2D eigenvalue weighted by Crippen LogP contribution is -2.34. The van der Waals surface area contributed by atoms with Crippen molar-refractivity contribution in [3.8, 4) is 0 Å². The Morgan fingerprint density at radius 3 is 2.62 bits per heavy atom. The quantitative estimate of drug-likeness (QED) is 0.349. The number of Topliss-reactive ketones (excluding diaryl/α,β-unsaturated/α-hetero) is 1. The summed E-state index contributed by atoms with van der Waals surface area (Å²) in [5.74, 6) is -3.66. The molecule has 4 rings (SSSR count). The predicted molar refractivity (Wildman–Crippen MR) is 84.4 cm³/mol. The van der Waals surface area contributed by atoms with E-state index in [1.165, 1.54) is 42.7 Å². The van der Waals surface area contributed by atoms with E-state index in [0.29, 0.717) is 4.90 Å². The van der Waals surface area contributed by atoms with E-state index in [1.807, 2.05) is 0 Å². The SMILES string of the molecule is O=C(C1=NO[C@H]2C(=O)N(c3ccccc3[N+](=O)[O-])C(=O)[C@H]12)c1ccco1. The van der Waals surface area contributed by atoms with Crippen molar-refractivity contribution in [3.05, 3.63) is 58.5 Å². The van der Waals surface area contributed by atoms with Crippen molar-refractivity contribution in [2.45, 2.75) is 6.10 Å². The number of carbonyl (C=O) groups excluding carboxylic acids is 3. The lowest BCUT2D eigenvalue weighted by Gasteiger charge is -2.14. The summed E-state index contributed by atoms with van der Waals surface area (Å²) in [6, 6.07) is 8.20. The average Bonchev–Trinajstić information content (AvgIpc) is 3.34. The van der Waals surface area contributed by atoms with Gasteiger partial charge in [-0.05, 0) is 18.2 Å². The van der Waals surface area contributed by atoms with Crippen LogP contribution in [-0.2, 0) is 14.4 Å². The summed E-state index contributed by atoms with van der Waals surface area (Å²) in [4.78, 5) is 54.0. The molecule has 3 heterocycles. The van der Waals surface area contributed by atoms with E-state index < -0.39 is 40.2 Å². The standard InChI is InChI=1S/C16H9N3O7/c20-13(10-6-3-7-25-10)12-11-14(26-17-12)16(22)18(15(11)21)8-4-1-2-5-9(8)19(23)24/h1-7,11,14H/t11-,14-/m1/s1. The van der Waals surface area contributed by atoms with Gasteiger partial charge in [0, 0.05) is 6.07 Å². The zero-order valence-corrected chi connectivity index (χ0v) is 12.9. The molecule has 1 fully saturated rings. The number of hydrogen-bond acceptors (Lipinski definition) is 8. The first-order valence-corrected chi connectivity index (χ1v) is 7.44. The molecule has 0 spiro atoms. The number of benzene rings is 1. The van der Waals surface area contributed by atoms with Crippen LogP contribution in [0.1, 0.15) is 10.6 Å². The van der Waals surface area contributed by atoms with Crippen LogP contribution in [0.15, 0.2) is 52.2 Å². The molecule has 10 heteroatoms. The summed E-state index contributed by atoms with van der Waals surface area (Å²) < 4.78 is 5.00. The molecular formula is C16H9N3O7. The second-order valence-corrected chi connectivity index (χ2v) is 5.54. The normalized spacial score (nSPS) is 21.4. The first kappa shape index (κ1) is 15.7. The Bertz CT molecular complexity index is 979. The van der Waals surface area contributed by atoms with Gasteiger partial charge >= 0.3 is 0 Å². The molecule has 0 unspecified atom stereocenters. The van der Waals surface area contributed by atoms with Crippen molar-refractivity contribution in [2.75, 3.05) is 4.90 Å². The highest BCUT2D eigenvalue weighted by Gasteiger charge is 2.58. The Balaban J connectivity index is 1.72. The van der Waals surface area contributed by atoms with E-state index in [2.05, 4.69) is 5.16 Å². The summed E-state index contributed by atoms with van der Waals surface area (Å²) in [5.41, 5.74) is -0.871. The number of anilines is 1. The summed E-state index contributed by atoms with van der Waals surface area (Å²) in [6.45, 7) is 0. The van der Waals surface area contributed by atoms with E-state index in [9.17, 15) is 24.5 Å². The van der Waals surface area contributed by atoms with E-state index in [0.717, 1.165) is 0 Å². The van der Waals surface area contributed by atoms with Gasteiger partial charge in [0.15, 0.2) is 5.76 Å². The molecule has 2 amide bonds. The highest BCUT2D eigenvalue weighted by Crippen LogP contribution is 2.37. The smallest absolute Gasteiger partial charge is 0.293 e. The molecule has 1 aromatic carbocycles. The van der Waals surface area contributed by atoms with Crippen LogP contribution in [0.3, 0.4) is 0 Å². The van der Waals surface area contributed by atoms with Crippen molar-refractivity contribution in [1.82, 2.24) is 0 Å². The molecule has 0 N–H and O–H groups in total. The lowest BCUT2D eigenvalue weighted by atomic mass is 9.96. The number of nitro benzene ring substituents is 1. The van der Waals surface area contributed by atoms with Crippen LogP contribution in [-0.4, -0.2) is 34.3 Å². The average molecular weight is 355 g/mol. The van der Waals surface area contributed by atoms with Crippen molar-refractivity contribution in [1.29, 1.82) is 0 Å². The van der Waals surface area contributed by atoms with Crippen LogP contribution in [0.4, 0.5) is 11.4 Å². The fraction of sp³-hybridized carbons (Fsp3) is 0.125. The topological polar surface area (TPSA) is 132 Å². The van der Waals surface area contributed by atoms with Gasteiger partial charge in [-0.2, -0.15) is 0 Å². The van der Waals surface area contributed by atoms with Gasteiger partial charge in [-0.15, -0.1) is 0 Å². The number of imide groups is 1. The molecule has 0 saturated carbocycles. The minimum Gasteiger partial charge on any atom is -0.461 e. The van der Waals surface area contributed by atoms with E-state index in [4.69, 9.17) is 9.25 Å². The number of nitrogens with zero attached hydrogens (tertiary/aromatic N) is 3. The van der Waals surface area contributed by atoms with Crippen LogP contribution in [0, 0.1) is 16.0 Å². The maximum absolute atomic E-state index is 12.8. The van der Waals surface area contributed by atoms with Crippen molar-refractivity contribution >= 4 is 34.7 Å². The number of ketones is 1. The van der Waals surface area contributed by atoms with Crippen molar-refractivity contribution in [3.63, 3.8) is 0 Å². The number of oxime groups is 1. The number of nitro groups is 1. The molecule has 2 aliphatic heterocycles. The number of furan rings is 1. The van der Waals surface area contributed by atoms with Gasteiger partial charge < -0.3 is 9.25 Å². The highest BCUT2D eigenvalue weighted by atomic mass is 16.7. The summed E-state index contributed by atoms with van der Waals surface area (Å²) >= 11 is 0. The Morgan fingerprint density at radius 1 is 1.15 bits per heavy atom. The monoisotopic (exact) mass is 355 g/mol. The van der Waals surface area contributed by atoms with Gasteiger partial charge in [0.1, 0.15) is 17.3 Å². The summed E-state index contributed by atoms with van der Waals surface area (Å²) in [7, 11) is 0. The minimum absolute atomic E-state index is 0.0580. The van der Waals surface area contributed by atoms with Crippen LogP contribution >= 0.6 is 0 Å². The zero-order valence-electron chi connectivity index (χ0n) is 12.9. The van der Waals surface area contributed by atoms with Gasteiger partial charge in [-0.3, -0.25) is 24.5 Å². The molecule has 130 valence electrons. The van der Waals surface area contributed by atoms with Gasteiger partial charge in [-0.25, -0.2) is 4.90 Å². The van der Waals surface area contributed by atoms with Gasteiger partial charge in [0.2, 0.25) is 17.8 Å². The second-order valence-electron chi connectivity index (χ2n) is 5.54.